The SMILES string of the molecule is CC(C)(C)c1cc(CCC(=O)NN=Cc2cc(Br)ccc2OCc2cccc3ccccc23)cc(C(C)(C)C)c1O. The van der Waals surface area contributed by atoms with E-state index >= 15 is 0 Å². The molecule has 0 heterocycles. The highest BCUT2D eigenvalue weighted by atomic mass is 79.9. The van der Waals surface area contributed by atoms with Crippen molar-refractivity contribution in [2.24, 2.45) is 5.10 Å². The highest BCUT2D eigenvalue weighted by Crippen LogP contribution is 2.40. The molecule has 0 aliphatic heterocycles. The van der Waals surface area contributed by atoms with E-state index in [0.29, 0.717) is 24.5 Å². The maximum Gasteiger partial charge on any atom is 0.240 e. The Kier molecular flexibility index (Phi) is 9.23. The van der Waals surface area contributed by atoms with E-state index in [9.17, 15) is 9.90 Å². The van der Waals surface area contributed by atoms with Gasteiger partial charge in [-0.15, -0.1) is 0 Å². The van der Waals surface area contributed by atoms with Crippen molar-refractivity contribution in [2.75, 3.05) is 0 Å². The average molecular weight is 616 g/mol. The molecule has 41 heavy (non-hydrogen) atoms. The minimum absolute atomic E-state index is 0.183. The average Bonchev–Trinajstić information content (AvgIpc) is 2.90. The van der Waals surface area contributed by atoms with Gasteiger partial charge in [-0.05, 0) is 68.5 Å². The fourth-order valence-electron chi connectivity index (χ4n) is 4.80. The summed E-state index contributed by atoms with van der Waals surface area (Å²) in [5.74, 6) is 0.833. The van der Waals surface area contributed by atoms with E-state index in [4.69, 9.17) is 4.74 Å². The number of aryl methyl sites for hydroxylation is 1. The van der Waals surface area contributed by atoms with E-state index in [1.807, 2.05) is 48.5 Å². The molecule has 4 aromatic rings. The number of phenolic OH excluding ortho intramolecular Hbond substituents is 1. The highest BCUT2D eigenvalue weighted by molar-refractivity contribution is 9.10. The van der Waals surface area contributed by atoms with E-state index in [-0.39, 0.29) is 23.2 Å². The van der Waals surface area contributed by atoms with E-state index in [2.05, 4.69) is 92.3 Å². The Hall–Kier alpha value is -3.64. The number of hydrogen-bond acceptors (Lipinski definition) is 4. The Morgan fingerprint density at radius 3 is 2.27 bits per heavy atom. The third-order valence-corrected chi connectivity index (χ3v) is 7.55. The second kappa shape index (κ2) is 12.5. The van der Waals surface area contributed by atoms with Gasteiger partial charge in [0.25, 0.3) is 0 Å². The number of carbonyl (C=O) groups excluding carboxylic acids is 1. The van der Waals surface area contributed by atoms with Gasteiger partial charge in [0.15, 0.2) is 0 Å². The fourth-order valence-corrected chi connectivity index (χ4v) is 5.17. The maximum absolute atomic E-state index is 12.7. The van der Waals surface area contributed by atoms with Crippen molar-refractivity contribution in [1.82, 2.24) is 5.43 Å². The molecule has 0 aliphatic rings. The van der Waals surface area contributed by atoms with Gasteiger partial charge in [0.05, 0.1) is 6.21 Å². The number of nitrogens with one attached hydrogen (secondary N) is 1. The summed E-state index contributed by atoms with van der Waals surface area (Å²) in [4.78, 5) is 12.7. The number of phenols is 1. The van der Waals surface area contributed by atoms with Gasteiger partial charge in [-0.3, -0.25) is 4.79 Å². The van der Waals surface area contributed by atoms with Crippen molar-refractivity contribution in [3.63, 3.8) is 0 Å². The molecule has 0 bridgehead atoms. The van der Waals surface area contributed by atoms with Gasteiger partial charge >= 0.3 is 0 Å². The molecule has 0 spiro atoms. The first kappa shape index (κ1) is 30.3. The third kappa shape index (κ3) is 7.76. The minimum Gasteiger partial charge on any atom is -0.507 e. The number of aromatic hydroxyl groups is 1. The van der Waals surface area contributed by atoms with E-state index in [1.165, 1.54) is 5.39 Å². The molecule has 0 unspecified atom stereocenters. The van der Waals surface area contributed by atoms with Crippen LogP contribution < -0.4 is 10.2 Å². The second-order valence-corrected chi connectivity index (χ2v) is 13.4. The van der Waals surface area contributed by atoms with Gasteiger partial charge in [-0.1, -0.05) is 112 Å². The molecule has 1 amide bonds. The molecule has 0 atom stereocenters. The zero-order valence-corrected chi connectivity index (χ0v) is 26.3. The van der Waals surface area contributed by atoms with Crippen LogP contribution in [0.2, 0.25) is 0 Å². The Balaban J connectivity index is 1.42. The lowest BCUT2D eigenvalue weighted by Gasteiger charge is -2.28. The number of rotatable bonds is 8. The predicted octanol–water partition coefficient (Wildman–Crippen LogP) is 8.56. The van der Waals surface area contributed by atoms with Gasteiger partial charge in [0.1, 0.15) is 18.1 Å². The molecule has 0 fully saturated rings. The summed E-state index contributed by atoms with van der Waals surface area (Å²) < 4.78 is 7.08. The van der Waals surface area contributed by atoms with Crippen LogP contribution in [0.5, 0.6) is 11.5 Å². The summed E-state index contributed by atoms with van der Waals surface area (Å²) in [5.41, 5.74) is 6.88. The van der Waals surface area contributed by atoms with Gasteiger partial charge in [0.2, 0.25) is 5.91 Å². The fraction of sp³-hybridized carbons (Fsp3) is 0.314. The molecule has 4 rings (SSSR count). The lowest BCUT2D eigenvalue weighted by atomic mass is 9.78. The Morgan fingerprint density at radius 1 is 0.927 bits per heavy atom. The second-order valence-electron chi connectivity index (χ2n) is 12.4. The molecule has 2 N–H and O–H groups in total. The number of carbonyl (C=O) groups is 1. The minimum atomic E-state index is -0.218. The van der Waals surface area contributed by atoms with Crippen LogP contribution in [-0.2, 0) is 28.7 Å². The lowest BCUT2D eigenvalue weighted by Crippen LogP contribution is -2.20. The van der Waals surface area contributed by atoms with Crippen molar-refractivity contribution in [2.45, 2.75) is 71.8 Å². The smallest absolute Gasteiger partial charge is 0.240 e. The van der Waals surface area contributed by atoms with Crippen molar-refractivity contribution in [1.29, 1.82) is 0 Å². The summed E-state index contributed by atoms with van der Waals surface area (Å²) in [6.07, 6.45) is 2.43. The zero-order chi connectivity index (χ0) is 29.8. The molecule has 0 aliphatic carbocycles. The first-order valence-electron chi connectivity index (χ1n) is 13.9. The first-order chi connectivity index (χ1) is 19.3. The number of hydrogen-bond donors (Lipinski definition) is 2. The molecule has 0 saturated heterocycles. The van der Waals surface area contributed by atoms with Crippen LogP contribution in [0.1, 0.15) is 75.8 Å². The molecule has 0 saturated carbocycles. The van der Waals surface area contributed by atoms with Crippen LogP contribution in [0, 0.1) is 0 Å². The molecule has 6 heteroatoms. The molecular formula is C35H39BrN2O3. The van der Waals surface area contributed by atoms with E-state index in [0.717, 1.165) is 37.7 Å². The number of fused-ring (bicyclic) bond motifs is 1. The van der Waals surface area contributed by atoms with Crippen LogP contribution in [-0.4, -0.2) is 17.2 Å². The lowest BCUT2D eigenvalue weighted by molar-refractivity contribution is -0.121. The Labute approximate surface area is 251 Å². The van der Waals surface area contributed by atoms with E-state index in [1.54, 1.807) is 6.21 Å². The summed E-state index contributed by atoms with van der Waals surface area (Å²) >= 11 is 3.52. The number of ether oxygens (including phenoxy) is 1. The Morgan fingerprint density at radius 2 is 1.59 bits per heavy atom. The van der Waals surface area contributed by atoms with Crippen molar-refractivity contribution < 1.29 is 14.6 Å². The monoisotopic (exact) mass is 614 g/mol. The van der Waals surface area contributed by atoms with Gasteiger partial charge in [-0.25, -0.2) is 5.43 Å². The summed E-state index contributed by atoms with van der Waals surface area (Å²) in [7, 11) is 0. The number of hydrazone groups is 1. The Bertz CT molecular complexity index is 1540. The van der Waals surface area contributed by atoms with Crippen molar-refractivity contribution >= 4 is 38.8 Å². The van der Waals surface area contributed by atoms with Crippen LogP contribution in [0.15, 0.2) is 82.4 Å². The predicted molar refractivity (Wildman–Crippen MR) is 172 cm³/mol. The van der Waals surface area contributed by atoms with Gasteiger partial charge < -0.3 is 9.84 Å². The maximum atomic E-state index is 12.7. The van der Waals surface area contributed by atoms with Crippen LogP contribution in [0.4, 0.5) is 0 Å². The third-order valence-electron chi connectivity index (χ3n) is 7.05. The normalized spacial score (nSPS) is 12.2. The topological polar surface area (TPSA) is 70.9 Å². The molecule has 4 aromatic carbocycles. The van der Waals surface area contributed by atoms with Crippen LogP contribution >= 0.6 is 15.9 Å². The summed E-state index contributed by atoms with van der Waals surface area (Å²) in [5, 5.41) is 17.5. The first-order valence-corrected chi connectivity index (χ1v) is 14.7. The number of nitrogens with zero attached hydrogens (tertiary/aromatic N) is 1. The van der Waals surface area contributed by atoms with Crippen molar-refractivity contribution in [3.8, 4) is 11.5 Å². The van der Waals surface area contributed by atoms with Gasteiger partial charge in [0, 0.05) is 16.5 Å². The van der Waals surface area contributed by atoms with E-state index < -0.39 is 0 Å². The number of benzene rings is 4. The molecule has 5 nitrogen and oxygen atoms in total. The molecule has 0 radical (unpaired) electrons. The quantitative estimate of drug-likeness (QED) is 0.154. The number of amides is 1. The van der Waals surface area contributed by atoms with Crippen LogP contribution in [0.25, 0.3) is 10.8 Å². The molecular weight excluding hydrogens is 576 g/mol. The van der Waals surface area contributed by atoms with Crippen LogP contribution in [0.3, 0.4) is 0 Å². The number of halogens is 1. The zero-order valence-electron chi connectivity index (χ0n) is 24.7. The van der Waals surface area contributed by atoms with Gasteiger partial charge in [-0.2, -0.15) is 5.10 Å². The highest BCUT2D eigenvalue weighted by Gasteiger charge is 2.26. The molecule has 0 aromatic heterocycles. The summed E-state index contributed by atoms with van der Waals surface area (Å²) in [6.45, 7) is 12.9. The summed E-state index contributed by atoms with van der Waals surface area (Å²) in [6, 6.07) is 24.2. The largest absolute Gasteiger partial charge is 0.507 e. The molecule has 214 valence electrons. The standard InChI is InChI=1S/C35H39BrN2O3/c1-34(2,3)29-18-23(19-30(33(29)40)35(4,5)6)14-17-32(39)38-37-21-26-20-27(36)15-16-31(26)41-22-25-12-9-11-24-10-7-8-13-28(24)25/h7-13,15-16,18-21,40H,14,17,22H2,1-6H3,(H,38,39). The van der Waals surface area contributed by atoms with Crippen molar-refractivity contribution in [3.05, 3.63) is 105 Å².